The van der Waals surface area contributed by atoms with Crippen LogP contribution >= 0.6 is 0 Å². The number of anilines is 4. The zero-order valence-electron chi connectivity index (χ0n) is 20.0. The lowest BCUT2D eigenvalue weighted by atomic mass is 9.97. The molecule has 3 N–H and O–H groups in total. The number of nitrogens with one attached hydrogen (secondary N) is 3. The van der Waals surface area contributed by atoms with Gasteiger partial charge in [-0.05, 0) is 74.2 Å². The van der Waals surface area contributed by atoms with Crippen molar-refractivity contribution in [2.45, 2.75) is 25.9 Å². The molecule has 1 fully saturated rings. The number of carbonyl (C=O) groups is 1. The molecule has 35 heavy (non-hydrogen) atoms. The zero-order valence-corrected chi connectivity index (χ0v) is 20.0. The van der Waals surface area contributed by atoms with Crippen LogP contribution in [0.2, 0.25) is 0 Å². The molecule has 0 radical (unpaired) electrons. The average Bonchev–Trinajstić information content (AvgIpc) is 2.89. The van der Waals surface area contributed by atoms with E-state index in [9.17, 15) is 4.79 Å². The predicted molar refractivity (Wildman–Crippen MR) is 140 cm³/mol. The molecule has 2 aliphatic rings. The highest BCUT2D eigenvalue weighted by atomic mass is 16.5. The standard InChI is InChI=1S/C27H30N6O2/c1-18(2)30-25-8-3-20(16-29-25)23-15-19-9-10-28-24(17-34)26(19)27(32-23)31-21-4-6-22(7-5-21)33-11-13-35-14-12-33/h3-10,15-18,24,28H,11-14H2,1-2H3,(H,29,30)(H,31,32). The molecule has 2 aliphatic heterocycles. The highest BCUT2D eigenvalue weighted by molar-refractivity contribution is 5.80. The summed E-state index contributed by atoms with van der Waals surface area (Å²) in [6.07, 6.45) is 6.50. The van der Waals surface area contributed by atoms with Gasteiger partial charge in [-0.2, -0.15) is 0 Å². The number of aromatic nitrogens is 2. The number of ether oxygens (including phenoxy) is 1. The van der Waals surface area contributed by atoms with Crippen molar-refractivity contribution < 1.29 is 9.53 Å². The van der Waals surface area contributed by atoms with E-state index in [1.165, 1.54) is 5.69 Å². The summed E-state index contributed by atoms with van der Waals surface area (Å²) >= 11 is 0. The Kier molecular flexibility index (Phi) is 6.63. The first-order valence-electron chi connectivity index (χ1n) is 12.0. The van der Waals surface area contributed by atoms with Crippen LogP contribution in [0.1, 0.15) is 31.0 Å². The number of carbonyl (C=O) groups excluding carboxylic acids is 1. The minimum Gasteiger partial charge on any atom is -0.378 e. The topological polar surface area (TPSA) is 91.4 Å². The molecule has 2 aromatic heterocycles. The summed E-state index contributed by atoms with van der Waals surface area (Å²) in [5.41, 5.74) is 5.54. The van der Waals surface area contributed by atoms with Crippen LogP contribution in [0.4, 0.5) is 23.0 Å². The Hall–Kier alpha value is -3.91. The van der Waals surface area contributed by atoms with Crippen molar-refractivity contribution in [1.29, 1.82) is 0 Å². The molecule has 4 heterocycles. The summed E-state index contributed by atoms with van der Waals surface area (Å²) < 4.78 is 5.46. The van der Waals surface area contributed by atoms with Crippen molar-refractivity contribution in [2.75, 3.05) is 41.8 Å². The van der Waals surface area contributed by atoms with Gasteiger partial charge in [0.2, 0.25) is 0 Å². The molecule has 3 aromatic rings. The lowest BCUT2D eigenvalue weighted by Crippen LogP contribution is -2.36. The molecule has 1 unspecified atom stereocenters. The van der Waals surface area contributed by atoms with Crippen LogP contribution in [0.25, 0.3) is 17.3 Å². The van der Waals surface area contributed by atoms with Crippen molar-refractivity contribution in [3.05, 3.63) is 66.0 Å². The molecule has 5 rings (SSSR count). The van der Waals surface area contributed by atoms with E-state index in [2.05, 4.69) is 51.8 Å². The van der Waals surface area contributed by atoms with Crippen LogP contribution in [0.15, 0.2) is 54.9 Å². The lowest BCUT2D eigenvalue weighted by Gasteiger charge is -2.29. The van der Waals surface area contributed by atoms with Crippen molar-refractivity contribution >= 4 is 35.4 Å². The third-order valence-electron chi connectivity index (χ3n) is 6.08. The maximum absolute atomic E-state index is 11.8. The van der Waals surface area contributed by atoms with Gasteiger partial charge in [0, 0.05) is 47.8 Å². The maximum Gasteiger partial charge on any atom is 0.146 e. The maximum atomic E-state index is 11.8. The molecule has 0 amide bonds. The van der Waals surface area contributed by atoms with Gasteiger partial charge in [-0.3, -0.25) is 0 Å². The Bertz CT molecular complexity index is 1200. The lowest BCUT2D eigenvalue weighted by molar-refractivity contribution is -0.109. The molecule has 180 valence electrons. The third-order valence-corrected chi connectivity index (χ3v) is 6.08. The van der Waals surface area contributed by atoms with E-state index >= 15 is 0 Å². The fraction of sp³-hybridized carbons (Fsp3) is 0.296. The molecule has 0 saturated carbocycles. The molecule has 1 aromatic carbocycles. The Morgan fingerprint density at radius 2 is 1.94 bits per heavy atom. The number of rotatable bonds is 7. The van der Waals surface area contributed by atoms with Crippen molar-refractivity contribution in [3.8, 4) is 11.3 Å². The Morgan fingerprint density at radius 1 is 1.14 bits per heavy atom. The predicted octanol–water partition coefficient (Wildman–Crippen LogP) is 4.36. The molecule has 1 saturated heterocycles. The molecule has 0 spiro atoms. The van der Waals surface area contributed by atoms with E-state index in [1.807, 2.05) is 42.6 Å². The number of morpholine rings is 1. The summed E-state index contributed by atoms with van der Waals surface area (Å²) in [4.78, 5) is 23.6. The Labute approximate surface area is 205 Å². The smallest absolute Gasteiger partial charge is 0.146 e. The summed E-state index contributed by atoms with van der Waals surface area (Å²) in [5, 5.41) is 9.88. The second-order valence-corrected chi connectivity index (χ2v) is 8.98. The summed E-state index contributed by atoms with van der Waals surface area (Å²) in [6.45, 7) is 7.44. The molecular formula is C27H30N6O2. The normalized spacial score (nSPS) is 17.0. The second-order valence-electron chi connectivity index (χ2n) is 8.98. The molecular weight excluding hydrogens is 440 g/mol. The van der Waals surface area contributed by atoms with Gasteiger partial charge in [0.05, 0.1) is 18.9 Å². The molecule has 1 atom stereocenters. The summed E-state index contributed by atoms with van der Waals surface area (Å²) in [7, 11) is 0. The largest absolute Gasteiger partial charge is 0.378 e. The van der Waals surface area contributed by atoms with E-state index in [0.717, 1.165) is 66.5 Å². The second kappa shape index (κ2) is 10.1. The van der Waals surface area contributed by atoms with E-state index in [0.29, 0.717) is 11.9 Å². The fourth-order valence-corrected chi connectivity index (χ4v) is 4.36. The van der Waals surface area contributed by atoms with E-state index in [4.69, 9.17) is 9.72 Å². The summed E-state index contributed by atoms with van der Waals surface area (Å²) in [6, 6.07) is 14.1. The van der Waals surface area contributed by atoms with Crippen molar-refractivity contribution in [1.82, 2.24) is 15.3 Å². The molecule has 0 bridgehead atoms. The third kappa shape index (κ3) is 5.12. The highest BCUT2D eigenvalue weighted by Crippen LogP contribution is 2.34. The van der Waals surface area contributed by atoms with Gasteiger partial charge in [0.15, 0.2) is 0 Å². The van der Waals surface area contributed by atoms with Crippen LogP contribution in [0.3, 0.4) is 0 Å². The van der Waals surface area contributed by atoms with Crippen molar-refractivity contribution in [2.24, 2.45) is 0 Å². The Balaban J connectivity index is 1.47. The zero-order chi connectivity index (χ0) is 24.2. The quantitative estimate of drug-likeness (QED) is 0.439. The first-order valence-corrected chi connectivity index (χ1v) is 12.0. The van der Waals surface area contributed by atoms with E-state index in [1.54, 1.807) is 6.20 Å². The number of aldehydes is 1. The van der Waals surface area contributed by atoms with Crippen LogP contribution in [0, 0.1) is 0 Å². The molecule has 0 aliphatic carbocycles. The van der Waals surface area contributed by atoms with Gasteiger partial charge in [-0.15, -0.1) is 0 Å². The fourth-order valence-electron chi connectivity index (χ4n) is 4.36. The number of nitrogens with zero attached hydrogens (tertiary/aromatic N) is 3. The van der Waals surface area contributed by atoms with Crippen LogP contribution in [-0.2, 0) is 9.53 Å². The number of fused-ring (bicyclic) bond motifs is 1. The Morgan fingerprint density at radius 3 is 2.63 bits per heavy atom. The number of benzene rings is 1. The number of hydrogen-bond donors (Lipinski definition) is 3. The molecule has 8 heteroatoms. The number of pyridine rings is 2. The van der Waals surface area contributed by atoms with Crippen molar-refractivity contribution in [3.63, 3.8) is 0 Å². The van der Waals surface area contributed by atoms with Gasteiger partial charge >= 0.3 is 0 Å². The monoisotopic (exact) mass is 470 g/mol. The minimum absolute atomic E-state index is 0.304. The molecule has 8 nitrogen and oxygen atoms in total. The van der Waals surface area contributed by atoms with Gasteiger partial charge in [0.1, 0.15) is 24.0 Å². The summed E-state index contributed by atoms with van der Waals surface area (Å²) in [5.74, 6) is 1.47. The minimum atomic E-state index is -0.470. The van der Waals surface area contributed by atoms with Crippen LogP contribution in [0.5, 0.6) is 0 Å². The van der Waals surface area contributed by atoms with E-state index in [-0.39, 0.29) is 0 Å². The average molecular weight is 471 g/mol. The van der Waals surface area contributed by atoms with Gasteiger partial charge in [-0.1, -0.05) is 0 Å². The highest BCUT2D eigenvalue weighted by Gasteiger charge is 2.23. The first kappa shape index (κ1) is 22.9. The van der Waals surface area contributed by atoms with E-state index < -0.39 is 6.04 Å². The van der Waals surface area contributed by atoms with Gasteiger partial charge in [0.25, 0.3) is 0 Å². The van der Waals surface area contributed by atoms with Crippen LogP contribution in [-0.4, -0.2) is 48.6 Å². The number of hydrogen-bond acceptors (Lipinski definition) is 8. The van der Waals surface area contributed by atoms with Gasteiger partial charge < -0.3 is 30.4 Å². The van der Waals surface area contributed by atoms with Crippen LogP contribution < -0.4 is 20.9 Å². The van der Waals surface area contributed by atoms with Gasteiger partial charge in [-0.25, -0.2) is 9.97 Å². The SMILES string of the molecule is CC(C)Nc1ccc(-c2cc3c(c(Nc4ccc(N5CCOCC5)cc4)n2)C(C=O)NC=C3)cn1. The first-order chi connectivity index (χ1) is 17.1.